The van der Waals surface area contributed by atoms with Gasteiger partial charge in [-0.05, 0) is 58.3 Å². The number of rotatable bonds is 6. The molecule has 3 heterocycles. The molecule has 0 radical (unpaired) electrons. The van der Waals surface area contributed by atoms with E-state index in [1.54, 1.807) is 13.0 Å². The minimum Gasteiger partial charge on any atom is -0.454 e. The van der Waals surface area contributed by atoms with Crippen LogP contribution in [0.15, 0.2) is 28.8 Å². The Bertz CT molecular complexity index is 1030. The van der Waals surface area contributed by atoms with E-state index >= 15 is 0 Å². The third-order valence-electron chi connectivity index (χ3n) is 4.60. The highest BCUT2D eigenvalue weighted by Gasteiger charge is 2.20. The summed E-state index contributed by atoms with van der Waals surface area (Å²) in [6.07, 6.45) is 0.866. The van der Waals surface area contributed by atoms with Gasteiger partial charge in [0.2, 0.25) is 6.79 Å². The zero-order chi connectivity index (χ0) is 19.7. The maximum Gasteiger partial charge on any atom is 0.259 e. The molecule has 1 aliphatic heterocycles. The first-order chi connectivity index (χ1) is 13.5. The molecular formula is C20H22N4O4. The van der Waals surface area contributed by atoms with Gasteiger partial charge >= 0.3 is 0 Å². The normalized spacial score (nSPS) is 12.7. The van der Waals surface area contributed by atoms with Gasteiger partial charge in [-0.15, -0.1) is 0 Å². The summed E-state index contributed by atoms with van der Waals surface area (Å²) in [5.74, 6) is 1.18. The zero-order valence-corrected chi connectivity index (χ0v) is 16.1. The fourth-order valence-corrected chi connectivity index (χ4v) is 3.17. The lowest BCUT2D eigenvalue weighted by Crippen LogP contribution is -2.27. The second-order valence-electron chi connectivity index (χ2n) is 6.98. The first-order valence-electron chi connectivity index (χ1n) is 9.13. The molecule has 3 aromatic rings. The average molecular weight is 382 g/mol. The average Bonchev–Trinajstić information content (AvgIpc) is 3.30. The van der Waals surface area contributed by atoms with Gasteiger partial charge in [-0.25, -0.2) is 4.98 Å². The molecule has 1 aromatic carbocycles. The molecule has 146 valence electrons. The number of carbonyl (C=O) groups excluding carboxylic acids is 1. The second kappa shape index (κ2) is 7.47. The molecular weight excluding hydrogens is 360 g/mol. The molecule has 2 aromatic heterocycles. The number of hydrogen-bond donors (Lipinski definition) is 1. The van der Waals surface area contributed by atoms with Crippen molar-refractivity contribution in [3.05, 3.63) is 35.5 Å². The lowest BCUT2D eigenvalue weighted by atomic mass is 10.0. The highest BCUT2D eigenvalue weighted by molar-refractivity contribution is 6.07. The summed E-state index contributed by atoms with van der Waals surface area (Å²) >= 11 is 0. The van der Waals surface area contributed by atoms with Crippen molar-refractivity contribution in [2.45, 2.75) is 13.3 Å². The fourth-order valence-electron chi connectivity index (χ4n) is 3.17. The Kier molecular flexibility index (Phi) is 4.87. The third-order valence-corrected chi connectivity index (χ3v) is 4.60. The first-order valence-corrected chi connectivity index (χ1v) is 9.13. The number of aryl methyl sites for hydroxylation is 1. The molecule has 8 heteroatoms. The minimum atomic E-state index is -0.167. The Morgan fingerprint density at radius 1 is 1.21 bits per heavy atom. The highest BCUT2D eigenvalue weighted by Crippen LogP contribution is 2.36. The SMILES string of the molecule is Cc1noc2nc(-c3ccc4c(c3)OCO4)cc(C(=O)NCCCN(C)C)c12. The predicted molar refractivity (Wildman–Crippen MR) is 104 cm³/mol. The van der Waals surface area contributed by atoms with Crippen LogP contribution in [0.25, 0.3) is 22.4 Å². The summed E-state index contributed by atoms with van der Waals surface area (Å²) in [5.41, 5.74) is 2.90. The van der Waals surface area contributed by atoms with Crippen molar-refractivity contribution >= 4 is 17.0 Å². The number of carbonyl (C=O) groups is 1. The van der Waals surface area contributed by atoms with E-state index in [4.69, 9.17) is 14.0 Å². The van der Waals surface area contributed by atoms with Crippen molar-refractivity contribution in [2.75, 3.05) is 34.0 Å². The standard InChI is InChI=1S/C20H22N4O4/c1-12-18-14(19(25)21-7-4-8-24(2)3)10-15(22-20(18)28-23-12)13-5-6-16-17(9-13)27-11-26-16/h5-6,9-10H,4,7-8,11H2,1-3H3,(H,21,25). The van der Waals surface area contributed by atoms with Crippen molar-refractivity contribution in [3.8, 4) is 22.8 Å². The molecule has 1 N–H and O–H groups in total. The van der Waals surface area contributed by atoms with E-state index in [9.17, 15) is 4.79 Å². The molecule has 0 aliphatic carbocycles. The number of benzene rings is 1. The number of fused-ring (bicyclic) bond motifs is 2. The lowest BCUT2D eigenvalue weighted by molar-refractivity contribution is 0.0954. The molecule has 8 nitrogen and oxygen atoms in total. The van der Waals surface area contributed by atoms with Gasteiger partial charge in [-0.1, -0.05) is 5.16 Å². The molecule has 0 saturated heterocycles. The Balaban J connectivity index is 1.67. The summed E-state index contributed by atoms with van der Waals surface area (Å²) in [6.45, 7) is 3.50. The van der Waals surface area contributed by atoms with Crippen LogP contribution in [0, 0.1) is 6.92 Å². The maximum absolute atomic E-state index is 12.9. The molecule has 1 aliphatic rings. The van der Waals surface area contributed by atoms with E-state index in [0.29, 0.717) is 46.1 Å². The quantitative estimate of drug-likeness (QED) is 0.656. The number of ether oxygens (including phenoxy) is 2. The van der Waals surface area contributed by atoms with Crippen molar-refractivity contribution in [1.29, 1.82) is 0 Å². The van der Waals surface area contributed by atoms with E-state index in [2.05, 4.69) is 20.4 Å². The van der Waals surface area contributed by atoms with E-state index in [-0.39, 0.29) is 12.7 Å². The van der Waals surface area contributed by atoms with Crippen molar-refractivity contribution < 1.29 is 18.8 Å². The summed E-state index contributed by atoms with van der Waals surface area (Å²) in [6, 6.07) is 7.32. The van der Waals surface area contributed by atoms with E-state index in [1.165, 1.54) is 0 Å². The first kappa shape index (κ1) is 18.2. The predicted octanol–water partition coefficient (Wildman–Crippen LogP) is 2.61. The van der Waals surface area contributed by atoms with Crippen LogP contribution >= 0.6 is 0 Å². The molecule has 0 atom stereocenters. The van der Waals surface area contributed by atoms with Crippen LogP contribution in [0.5, 0.6) is 11.5 Å². The van der Waals surface area contributed by atoms with E-state index in [0.717, 1.165) is 18.5 Å². The number of amides is 1. The minimum absolute atomic E-state index is 0.167. The number of nitrogens with zero attached hydrogens (tertiary/aromatic N) is 3. The fraction of sp³-hybridized carbons (Fsp3) is 0.350. The van der Waals surface area contributed by atoms with Gasteiger partial charge in [0.25, 0.3) is 11.6 Å². The summed E-state index contributed by atoms with van der Waals surface area (Å²) in [5, 5.41) is 7.59. The third kappa shape index (κ3) is 3.50. The molecule has 0 bridgehead atoms. The van der Waals surface area contributed by atoms with Gasteiger partial charge in [-0.3, -0.25) is 4.79 Å². The molecule has 0 fully saturated rings. The molecule has 1 amide bonds. The van der Waals surface area contributed by atoms with Crippen molar-refractivity contribution in [2.24, 2.45) is 0 Å². The highest BCUT2D eigenvalue weighted by atomic mass is 16.7. The summed E-state index contributed by atoms with van der Waals surface area (Å²) in [7, 11) is 4.01. The van der Waals surface area contributed by atoms with Crippen molar-refractivity contribution in [1.82, 2.24) is 20.4 Å². The second-order valence-corrected chi connectivity index (χ2v) is 6.98. The van der Waals surface area contributed by atoms with Crippen LogP contribution in [-0.2, 0) is 0 Å². The number of nitrogens with one attached hydrogen (secondary N) is 1. The smallest absolute Gasteiger partial charge is 0.259 e. The van der Waals surface area contributed by atoms with Gasteiger partial charge in [-0.2, -0.15) is 0 Å². The zero-order valence-electron chi connectivity index (χ0n) is 16.1. The summed E-state index contributed by atoms with van der Waals surface area (Å²) < 4.78 is 16.2. The van der Waals surface area contributed by atoms with Gasteiger partial charge < -0.3 is 24.2 Å². The van der Waals surface area contributed by atoms with Gasteiger partial charge in [0, 0.05) is 12.1 Å². The largest absolute Gasteiger partial charge is 0.454 e. The van der Waals surface area contributed by atoms with Gasteiger partial charge in [0.1, 0.15) is 0 Å². The van der Waals surface area contributed by atoms with Crippen LogP contribution in [0.1, 0.15) is 22.5 Å². The topological polar surface area (TPSA) is 89.7 Å². The van der Waals surface area contributed by atoms with Crippen molar-refractivity contribution in [3.63, 3.8) is 0 Å². The Morgan fingerprint density at radius 3 is 2.86 bits per heavy atom. The van der Waals surface area contributed by atoms with Crippen LogP contribution in [-0.4, -0.2) is 54.9 Å². The van der Waals surface area contributed by atoms with E-state index in [1.807, 2.05) is 32.3 Å². The Hall–Kier alpha value is -3.13. The summed E-state index contributed by atoms with van der Waals surface area (Å²) in [4.78, 5) is 19.5. The maximum atomic E-state index is 12.9. The van der Waals surface area contributed by atoms with Crippen LogP contribution in [0.3, 0.4) is 0 Å². The van der Waals surface area contributed by atoms with E-state index < -0.39 is 0 Å². The van der Waals surface area contributed by atoms with Gasteiger partial charge in [0.05, 0.1) is 22.3 Å². The van der Waals surface area contributed by atoms with Crippen LogP contribution in [0.4, 0.5) is 0 Å². The number of hydrogen-bond acceptors (Lipinski definition) is 7. The van der Waals surface area contributed by atoms with Crippen LogP contribution in [0.2, 0.25) is 0 Å². The van der Waals surface area contributed by atoms with Gasteiger partial charge in [0.15, 0.2) is 11.5 Å². The monoisotopic (exact) mass is 382 g/mol. The molecule has 28 heavy (non-hydrogen) atoms. The lowest BCUT2D eigenvalue weighted by Gasteiger charge is -2.11. The molecule has 4 rings (SSSR count). The Morgan fingerprint density at radius 2 is 2.04 bits per heavy atom. The molecule has 0 saturated carbocycles. The number of pyridine rings is 1. The Labute approximate surface area is 162 Å². The number of aromatic nitrogens is 2. The molecule has 0 spiro atoms. The van der Waals surface area contributed by atoms with Crippen LogP contribution < -0.4 is 14.8 Å². The molecule has 0 unspecified atom stereocenters.